The lowest BCUT2D eigenvalue weighted by atomic mass is 10.1. The maximum atomic E-state index is 13.6. The largest absolute Gasteiger partial charge is 0.426 e. The van der Waals surface area contributed by atoms with E-state index in [1.165, 1.54) is 0 Å². The molecule has 8 heteroatoms. The molecule has 4 aromatic rings. The lowest BCUT2D eigenvalue weighted by Crippen LogP contribution is -2.38. The summed E-state index contributed by atoms with van der Waals surface area (Å²) >= 11 is 6.11. The highest BCUT2D eigenvalue weighted by atomic mass is 35.5. The molecule has 34 heavy (non-hydrogen) atoms. The number of nitrogens with zero attached hydrogens (tertiary/aromatic N) is 5. The zero-order valence-electron chi connectivity index (χ0n) is 19.8. The third-order valence-electron chi connectivity index (χ3n) is 5.93. The summed E-state index contributed by atoms with van der Waals surface area (Å²) in [6.07, 6.45) is 4.39. The van der Waals surface area contributed by atoms with Crippen LogP contribution in [0.1, 0.15) is 36.3 Å². The van der Waals surface area contributed by atoms with Gasteiger partial charge in [0.25, 0.3) is 5.56 Å². The molecule has 7 nitrogen and oxygen atoms in total. The molecule has 1 aromatic carbocycles. The summed E-state index contributed by atoms with van der Waals surface area (Å²) in [5.74, 6) is 0.683. The molecule has 0 aliphatic rings. The molecule has 178 valence electrons. The fourth-order valence-electron chi connectivity index (χ4n) is 4.18. The molecule has 3 aromatic heterocycles. The fourth-order valence-corrected chi connectivity index (χ4v) is 4.36. The molecular weight excluding hydrogens is 450 g/mol. The second-order valence-electron chi connectivity index (χ2n) is 8.67. The first-order valence-electron chi connectivity index (χ1n) is 11.5. The zero-order chi connectivity index (χ0) is 24.1. The summed E-state index contributed by atoms with van der Waals surface area (Å²) in [5.41, 5.74) is 2.33. The Balaban J connectivity index is 1.82. The van der Waals surface area contributed by atoms with E-state index in [9.17, 15) is 4.79 Å². The quantitative estimate of drug-likeness (QED) is 0.331. The first-order valence-corrected chi connectivity index (χ1v) is 11.9. The number of furan rings is 1. The van der Waals surface area contributed by atoms with Crippen molar-refractivity contribution in [1.29, 1.82) is 0 Å². The molecular formula is C26H30ClN5O2. The molecule has 0 aliphatic heterocycles. The Kier molecular flexibility index (Phi) is 7.77. The van der Waals surface area contributed by atoms with E-state index in [4.69, 9.17) is 21.0 Å². The van der Waals surface area contributed by atoms with Crippen molar-refractivity contribution in [3.05, 3.63) is 93.4 Å². The number of aromatic nitrogens is 3. The Morgan fingerprint density at radius 3 is 2.47 bits per heavy atom. The van der Waals surface area contributed by atoms with E-state index in [2.05, 4.69) is 35.8 Å². The van der Waals surface area contributed by atoms with Crippen LogP contribution in [-0.2, 0) is 13.1 Å². The van der Waals surface area contributed by atoms with Gasteiger partial charge in [-0.2, -0.15) is 4.98 Å². The molecule has 0 aliphatic carbocycles. The highest BCUT2D eigenvalue weighted by Crippen LogP contribution is 2.27. The average Bonchev–Trinajstić information content (AvgIpc) is 3.22. The van der Waals surface area contributed by atoms with E-state index in [0.717, 1.165) is 30.6 Å². The van der Waals surface area contributed by atoms with Crippen molar-refractivity contribution in [1.82, 2.24) is 24.3 Å². The number of rotatable bonds is 10. The number of likely N-dealkylation sites (N-methyl/N-ethyl adjacent to an activating group) is 1. The van der Waals surface area contributed by atoms with Crippen LogP contribution in [0.4, 0.5) is 0 Å². The Bertz CT molecular complexity index is 1270. The van der Waals surface area contributed by atoms with E-state index in [1.54, 1.807) is 23.0 Å². The van der Waals surface area contributed by atoms with Gasteiger partial charge in [-0.15, -0.1) is 0 Å². The van der Waals surface area contributed by atoms with Gasteiger partial charge in [0.1, 0.15) is 11.2 Å². The van der Waals surface area contributed by atoms with Gasteiger partial charge in [0, 0.05) is 38.1 Å². The molecule has 4 rings (SSSR count). The molecule has 1 atom stereocenters. The predicted molar refractivity (Wildman–Crippen MR) is 135 cm³/mol. The first-order chi connectivity index (χ1) is 16.5. The lowest BCUT2D eigenvalue weighted by molar-refractivity contribution is 0.155. The van der Waals surface area contributed by atoms with Crippen LogP contribution in [-0.4, -0.2) is 51.5 Å². The van der Waals surface area contributed by atoms with Crippen molar-refractivity contribution in [2.24, 2.45) is 0 Å². The number of hydrogen-bond donors (Lipinski definition) is 0. The van der Waals surface area contributed by atoms with Gasteiger partial charge in [0.15, 0.2) is 5.22 Å². The molecule has 0 N–H and O–H groups in total. The molecule has 1 unspecified atom stereocenters. The topological polar surface area (TPSA) is 67.4 Å². The van der Waals surface area contributed by atoms with Gasteiger partial charge in [0.05, 0.1) is 12.6 Å². The van der Waals surface area contributed by atoms with Crippen LogP contribution in [0.15, 0.2) is 70.1 Å². The number of hydrogen-bond acceptors (Lipinski definition) is 6. The van der Waals surface area contributed by atoms with Gasteiger partial charge in [-0.25, -0.2) is 0 Å². The second-order valence-corrected chi connectivity index (χ2v) is 9.04. The Morgan fingerprint density at radius 2 is 1.79 bits per heavy atom. The van der Waals surface area contributed by atoms with Gasteiger partial charge >= 0.3 is 0 Å². The van der Waals surface area contributed by atoms with Crippen LogP contribution >= 0.6 is 11.6 Å². The smallest absolute Gasteiger partial charge is 0.265 e. The summed E-state index contributed by atoms with van der Waals surface area (Å²) < 4.78 is 7.36. The minimum absolute atomic E-state index is 0.0993. The number of halogens is 1. The molecule has 3 heterocycles. The zero-order valence-corrected chi connectivity index (χ0v) is 20.6. The van der Waals surface area contributed by atoms with Crippen LogP contribution in [0.2, 0.25) is 5.22 Å². The van der Waals surface area contributed by atoms with Gasteiger partial charge in [-0.05, 0) is 55.4 Å². The standard InChI is InChI=1S/C26H30ClN5O2/c1-4-22(31(15-14-30(2)3)17-20-10-12-28-13-11-20)24-29-25-21(16-23(27)34-25)26(33)32(24)18-19-8-6-5-7-9-19/h5-13,16,22H,4,14-15,17-18H2,1-3H3. The number of benzene rings is 1. The highest BCUT2D eigenvalue weighted by molar-refractivity contribution is 6.29. The van der Waals surface area contributed by atoms with Crippen molar-refractivity contribution in [3.8, 4) is 0 Å². The Labute approximate surface area is 204 Å². The van der Waals surface area contributed by atoms with Crippen LogP contribution < -0.4 is 5.56 Å². The number of pyridine rings is 1. The van der Waals surface area contributed by atoms with Crippen molar-refractivity contribution in [2.45, 2.75) is 32.5 Å². The van der Waals surface area contributed by atoms with Crippen molar-refractivity contribution in [3.63, 3.8) is 0 Å². The van der Waals surface area contributed by atoms with Gasteiger partial charge in [-0.3, -0.25) is 19.2 Å². The van der Waals surface area contributed by atoms with Crippen molar-refractivity contribution < 1.29 is 4.42 Å². The van der Waals surface area contributed by atoms with Crippen LogP contribution in [0.25, 0.3) is 11.1 Å². The van der Waals surface area contributed by atoms with Crippen LogP contribution in [0, 0.1) is 0 Å². The molecule has 0 fully saturated rings. The number of fused-ring (bicyclic) bond motifs is 1. The maximum absolute atomic E-state index is 13.6. The summed E-state index contributed by atoms with van der Waals surface area (Å²) in [6.45, 7) is 4.95. The monoisotopic (exact) mass is 479 g/mol. The normalized spacial score (nSPS) is 12.6. The minimum Gasteiger partial charge on any atom is -0.426 e. The van der Waals surface area contributed by atoms with E-state index in [1.807, 2.05) is 42.5 Å². The summed E-state index contributed by atoms with van der Waals surface area (Å²) in [4.78, 5) is 27.1. The Hall–Kier alpha value is -3.00. The fraction of sp³-hybridized carbons (Fsp3) is 0.346. The maximum Gasteiger partial charge on any atom is 0.265 e. The SMILES string of the molecule is CCC(c1nc2oc(Cl)cc2c(=O)n1Cc1ccccc1)N(CCN(C)C)Cc1ccncc1. The molecule has 0 amide bonds. The van der Waals surface area contributed by atoms with Gasteiger partial charge in [0.2, 0.25) is 5.71 Å². The second kappa shape index (κ2) is 11.0. The third kappa shape index (κ3) is 5.55. The van der Waals surface area contributed by atoms with E-state index in [-0.39, 0.29) is 22.5 Å². The lowest BCUT2D eigenvalue weighted by Gasteiger charge is -2.33. The van der Waals surface area contributed by atoms with E-state index in [0.29, 0.717) is 24.3 Å². The van der Waals surface area contributed by atoms with E-state index < -0.39 is 0 Å². The Morgan fingerprint density at radius 1 is 1.06 bits per heavy atom. The molecule has 0 bridgehead atoms. The van der Waals surface area contributed by atoms with Crippen molar-refractivity contribution >= 4 is 22.7 Å². The summed E-state index contributed by atoms with van der Waals surface area (Å²) in [7, 11) is 4.12. The van der Waals surface area contributed by atoms with Gasteiger partial charge < -0.3 is 9.32 Å². The molecule has 0 saturated heterocycles. The van der Waals surface area contributed by atoms with Crippen LogP contribution in [0.3, 0.4) is 0 Å². The minimum atomic E-state index is -0.144. The summed E-state index contributed by atoms with van der Waals surface area (Å²) in [6, 6.07) is 15.5. The van der Waals surface area contributed by atoms with Crippen molar-refractivity contribution in [2.75, 3.05) is 27.2 Å². The van der Waals surface area contributed by atoms with Crippen LogP contribution in [0.5, 0.6) is 0 Å². The molecule has 0 saturated carbocycles. The predicted octanol–water partition coefficient (Wildman–Crippen LogP) is 4.60. The van der Waals surface area contributed by atoms with Gasteiger partial charge in [-0.1, -0.05) is 37.3 Å². The third-order valence-corrected chi connectivity index (χ3v) is 6.12. The first kappa shape index (κ1) is 24.1. The average molecular weight is 480 g/mol. The molecule has 0 spiro atoms. The summed E-state index contributed by atoms with van der Waals surface area (Å²) in [5, 5.41) is 0.561. The van der Waals surface area contributed by atoms with E-state index >= 15 is 0 Å². The highest BCUT2D eigenvalue weighted by Gasteiger charge is 2.26. The molecule has 0 radical (unpaired) electrons.